The van der Waals surface area contributed by atoms with Gasteiger partial charge in [0.15, 0.2) is 6.10 Å². The Labute approximate surface area is 378 Å². The van der Waals surface area contributed by atoms with Crippen LogP contribution in [0.4, 0.5) is 0 Å². The number of quaternary nitrogens is 1. The zero-order valence-electron chi connectivity index (χ0n) is 41.4. The van der Waals surface area contributed by atoms with E-state index in [2.05, 4.69) is 13.8 Å². The summed E-state index contributed by atoms with van der Waals surface area (Å²) >= 11 is 0. The van der Waals surface area contributed by atoms with Gasteiger partial charge in [0, 0.05) is 19.3 Å². The molecule has 8 nitrogen and oxygen atoms in total. The highest BCUT2D eigenvalue weighted by molar-refractivity contribution is 5.70. The van der Waals surface area contributed by atoms with E-state index in [0.717, 1.165) is 38.5 Å². The van der Waals surface area contributed by atoms with E-state index >= 15 is 0 Å². The summed E-state index contributed by atoms with van der Waals surface area (Å²) in [5.41, 5.74) is 0. The number of hydrogen-bond donors (Lipinski definition) is 0. The van der Waals surface area contributed by atoms with Gasteiger partial charge in [-0.05, 0) is 12.8 Å². The van der Waals surface area contributed by atoms with E-state index in [4.69, 9.17) is 14.2 Å². The first-order chi connectivity index (χ1) is 29.6. The zero-order valence-corrected chi connectivity index (χ0v) is 41.4. The van der Waals surface area contributed by atoms with Gasteiger partial charge in [-0.2, -0.15) is 0 Å². The summed E-state index contributed by atoms with van der Waals surface area (Å²) in [5.74, 6) is -1.70. The number of ether oxygens (including phenoxy) is 3. The van der Waals surface area contributed by atoms with Crippen molar-refractivity contribution < 1.29 is 38.2 Å². The molecule has 0 aromatic heterocycles. The summed E-state index contributed by atoms with van der Waals surface area (Å²) in [7, 11) is 5.43. The lowest BCUT2D eigenvalue weighted by atomic mass is 10.0. The monoisotopic (exact) mass is 866 g/mol. The van der Waals surface area contributed by atoms with E-state index in [1.165, 1.54) is 199 Å². The van der Waals surface area contributed by atoms with Crippen LogP contribution in [0.3, 0.4) is 0 Å². The average Bonchev–Trinajstić information content (AvgIpc) is 3.22. The van der Waals surface area contributed by atoms with Crippen molar-refractivity contribution in [1.82, 2.24) is 0 Å². The predicted molar refractivity (Wildman–Crippen MR) is 255 cm³/mol. The molecule has 0 spiro atoms. The Balaban J connectivity index is 4.16. The number of esters is 2. The molecule has 0 aromatic rings. The van der Waals surface area contributed by atoms with Gasteiger partial charge in [0.1, 0.15) is 12.6 Å². The molecule has 0 aliphatic carbocycles. The Bertz CT molecular complexity index is 967. The van der Waals surface area contributed by atoms with Gasteiger partial charge >= 0.3 is 11.9 Å². The normalized spacial score (nSPS) is 12.7. The van der Waals surface area contributed by atoms with Gasteiger partial charge in [-0.15, -0.1) is 0 Å². The number of aliphatic carboxylic acids is 1. The van der Waals surface area contributed by atoms with Gasteiger partial charge in [-0.3, -0.25) is 9.59 Å². The Hall–Kier alpha value is -1.67. The second-order valence-electron chi connectivity index (χ2n) is 19.5. The molecule has 2 atom stereocenters. The van der Waals surface area contributed by atoms with Crippen LogP contribution in [0.25, 0.3) is 0 Å². The maximum absolute atomic E-state index is 12.8. The molecule has 61 heavy (non-hydrogen) atoms. The third kappa shape index (κ3) is 43.4. The Morgan fingerprint density at radius 1 is 0.426 bits per heavy atom. The summed E-state index contributed by atoms with van der Waals surface area (Å²) in [4.78, 5) is 37.0. The molecule has 0 N–H and O–H groups in total. The minimum absolute atomic E-state index is 0.0499. The number of rotatable bonds is 49. The highest BCUT2D eigenvalue weighted by Crippen LogP contribution is 2.17. The topological polar surface area (TPSA) is 102 Å². The molecule has 0 heterocycles. The van der Waals surface area contributed by atoms with Crippen molar-refractivity contribution in [3.05, 3.63) is 0 Å². The highest BCUT2D eigenvalue weighted by Gasteiger charge is 2.25. The average molecular weight is 866 g/mol. The summed E-state index contributed by atoms with van der Waals surface area (Å²) < 4.78 is 17.3. The smallest absolute Gasteiger partial charge is 0.306 e. The molecule has 0 aliphatic heterocycles. The van der Waals surface area contributed by atoms with E-state index in [0.29, 0.717) is 12.8 Å². The molecule has 0 rings (SSSR count). The predicted octanol–water partition coefficient (Wildman–Crippen LogP) is 13.9. The van der Waals surface area contributed by atoms with Crippen LogP contribution in [0.1, 0.15) is 271 Å². The number of nitrogens with zero attached hydrogens (tertiary/aromatic N) is 1. The molecule has 0 aromatic carbocycles. The largest absolute Gasteiger partial charge is 0.544 e. The molecule has 362 valence electrons. The molecule has 0 bridgehead atoms. The van der Waals surface area contributed by atoms with Crippen LogP contribution in [-0.4, -0.2) is 75.5 Å². The maximum Gasteiger partial charge on any atom is 0.306 e. The number of carboxylic acids is 1. The Morgan fingerprint density at radius 2 is 0.721 bits per heavy atom. The maximum atomic E-state index is 12.8. The van der Waals surface area contributed by atoms with E-state index in [1.807, 2.05) is 21.1 Å². The van der Waals surface area contributed by atoms with E-state index in [-0.39, 0.29) is 42.7 Å². The molecule has 0 radical (unpaired) electrons. The summed E-state index contributed by atoms with van der Waals surface area (Å²) in [6.45, 7) is 4.73. The van der Waals surface area contributed by atoms with Crippen LogP contribution in [0.2, 0.25) is 0 Å². The first kappa shape index (κ1) is 59.3. The molecule has 0 aliphatic rings. The number of carbonyl (C=O) groups is 3. The SMILES string of the molecule is CCCCCCCCCCCCCCCCCCCCCCCC(=O)OC(COCCC(C(=O)[O-])[N+](C)(C)C)COC(=O)CCCCCCCCCCCCCCCCCC. The molecule has 8 heteroatoms. The summed E-state index contributed by atoms with van der Waals surface area (Å²) in [6, 6.07) is -0.720. The standard InChI is InChI=1S/C53H103NO7/c1-6-8-10-12-14-16-18-20-22-24-25-26-27-28-30-32-34-36-38-40-42-44-52(56)61-49(47-59-46-45-50(53(57)58)54(3,4)5)48-60-51(55)43-41-39-37-35-33-31-29-23-21-19-17-15-13-11-9-7-2/h49-50H,6-48H2,1-5H3. The molecule has 0 saturated carbocycles. The summed E-state index contributed by atoms with van der Waals surface area (Å²) in [6.07, 6.45) is 48.5. The molecule has 0 amide bonds. The third-order valence-corrected chi connectivity index (χ3v) is 12.5. The van der Waals surface area contributed by atoms with Crippen LogP contribution in [-0.2, 0) is 28.6 Å². The number of carbonyl (C=O) groups excluding carboxylic acids is 3. The summed E-state index contributed by atoms with van der Waals surface area (Å²) in [5, 5.41) is 11.7. The van der Waals surface area contributed by atoms with Crippen LogP contribution >= 0.6 is 0 Å². The number of likely N-dealkylation sites (N-methyl/N-ethyl adjacent to an activating group) is 1. The molecule has 0 fully saturated rings. The molecule has 2 unspecified atom stereocenters. The lowest BCUT2D eigenvalue weighted by Crippen LogP contribution is -2.55. The minimum atomic E-state index is -1.12. The van der Waals surface area contributed by atoms with Gasteiger partial charge in [-0.1, -0.05) is 239 Å². The van der Waals surface area contributed by atoms with Crippen LogP contribution in [0.15, 0.2) is 0 Å². The zero-order chi connectivity index (χ0) is 44.9. The van der Waals surface area contributed by atoms with E-state index < -0.39 is 18.1 Å². The lowest BCUT2D eigenvalue weighted by molar-refractivity contribution is -0.889. The van der Waals surface area contributed by atoms with Gasteiger partial charge in [0.2, 0.25) is 0 Å². The fourth-order valence-electron chi connectivity index (χ4n) is 8.37. The van der Waals surface area contributed by atoms with Gasteiger partial charge in [0.05, 0.1) is 40.3 Å². The lowest BCUT2D eigenvalue weighted by Gasteiger charge is -2.34. The van der Waals surface area contributed by atoms with Crippen molar-refractivity contribution in [2.45, 2.75) is 283 Å². The van der Waals surface area contributed by atoms with Crippen molar-refractivity contribution in [2.75, 3.05) is 41.0 Å². The van der Waals surface area contributed by atoms with Crippen molar-refractivity contribution in [2.24, 2.45) is 0 Å². The van der Waals surface area contributed by atoms with Crippen molar-refractivity contribution in [3.63, 3.8) is 0 Å². The molecule has 0 saturated heterocycles. The second-order valence-corrected chi connectivity index (χ2v) is 19.5. The molecular formula is C53H103NO7. The van der Waals surface area contributed by atoms with Crippen molar-refractivity contribution >= 4 is 17.9 Å². The highest BCUT2D eigenvalue weighted by atomic mass is 16.6. The van der Waals surface area contributed by atoms with E-state index in [1.54, 1.807) is 0 Å². The van der Waals surface area contributed by atoms with E-state index in [9.17, 15) is 19.5 Å². The van der Waals surface area contributed by atoms with Crippen LogP contribution in [0, 0.1) is 0 Å². The number of hydrogen-bond acceptors (Lipinski definition) is 7. The fraction of sp³-hybridized carbons (Fsp3) is 0.943. The van der Waals surface area contributed by atoms with Crippen LogP contribution in [0.5, 0.6) is 0 Å². The van der Waals surface area contributed by atoms with Gasteiger partial charge in [0.25, 0.3) is 0 Å². The van der Waals surface area contributed by atoms with Crippen molar-refractivity contribution in [3.8, 4) is 0 Å². The first-order valence-electron chi connectivity index (χ1n) is 26.6. The minimum Gasteiger partial charge on any atom is -0.544 e. The quantitative estimate of drug-likeness (QED) is 0.0341. The number of unbranched alkanes of at least 4 members (excludes halogenated alkanes) is 35. The Kier molecular flexibility index (Phi) is 43.7. The fourth-order valence-corrected chi connectivity index (χ4v) is 8.37. The number of carboxylic acid groups (broad SMARTS) is 1. The van der Waals surface area contributed by atoms with Gasteiger partial charge < -0.3 is 28.6 Å². The Morgan fingerprint density at radius 3 is 1.02 bits per heavy atom. The molecular weight excluding hydrogens is 763 g/mol. The second kappa shape index (κ2) is 44.9. The van der Waals surface area contributed by atoms with Crippen LogP contribution < -0.4 is 5.11 Å². The third-order valence-electron chi connectivity index (χ3n) is 12.5. The first-order valence-corrected chi connectivity index (χ1v) is 26.6. The van der Waals surface area contributed by atoms with Gasteiger partial charge in [-0.25, -0.2) is 0 Å². The van der Waals surface area contributed by atoms with Crippen molar-refractivity contribution in [1.29, 1.82) is 0 Å².